The van der Waals surface area contributed by atoms with Crippen LogP contribution in [0.2, 0.25) is 0 Å². The minimum atomic E-state index is 0.848. The fourth-order valence-corrected chi connectivity index (χ4v) is 6.19. The van der Waals surface area contributed by atoms with Gasteiger partial charge >= 0.3 is 0 Å². The molecule has 3 aromatic heterocycles. The van der Waals surface area contributed by atoms with Crippen LogP contribution in [-0.2, 0) is 6.54 Å². The summed E-state index contributed by atoms with van der Waals surface area (Å²) in [4.78, 5) is 16.0. The summed E-state index contributed by atoms with van der Waals surface area (Å²) in [6, 6.07) is 19.5. The lowest BCUT2D eigenvalue weighted by Crippen LogP contribution is -2.31. The van der Waals surface area contributed by atoms with Crippen LogP contribution in [0.4, 0.5) is 11.5 Å². The monoisotopic (exact) mass is 457 g/mol. The number of H-pyrrole nitrogens is 1. The van der Waals surface area contributed by atoms with Crippen LogP contribution >= 0.6 is 23.1 Å². The molecule has 0 saturated carbocycles. The molecule has 7 heteroatoms. The highest BCUT2D eigenvalue weighted by molar-refractivity contribution is 7.99. The first kappa shape index (κ1) is 19.8. The van der Waals surface area contributed by atoms with Crippen LogP contribution in [0.25, 0.3) is 31.6 Å². The van der Waals surface area contributed by atoms with Gasteiger partial charge in [-0.15, -0.1) is 11.3 Å². The van der Waals surface area contributed by atoms with Gasteiger partial charge in [0.05, 0.1) is 10.2 Å². The van der Waals surface area contributed by atoms with Crippen molar-refractivity contribution in [2.75, 3.05) is 29.9 Å². The second kappa shape index (κ2) is 8.58. The van der Waals surface area contributed by atoms with E-state index >= 15 is 0 Å². The van der Waals surface area contributed by atoms with Crippen molar-refractivity contribution in [1.82, 2.24) is 19.9 Å². The van der Waals surface area contributed by atoms with Crippen molar-refractivity contribution in [3.63, 3.8) is 0 Å². The lowest BCUT2D eigenvalue weighted by molar-refractivity contribution is 0.294. The highest BCUT2D eigenvalue weighted by atomic mass is 32.2. The van der Waals surface area contributed by atoms with E-state index in [9.17, 15) is 0 Å². The van der Waals surface area contributed by atoms with E-state index < -0.39 is 0 Å². The van der Waals surface area contributed by atoms with Crippen LogP contribution in [0.3, 0.4) is 0 Å². The lowest BCUT2D eigenvalue weighted by Gasteiger charge is -2.26. The fraction of sp³-hybridized carbons (Fsp3) is 0.200. The molecule has 1 fully saturated rings. The Bertz CT molecular complexity index is 1370. The molecule has 32 heavy (non-hydrogen) atoms. The van der Waals surface area contributed by atoms with Gasteiger partial charge in [0.2, 0.25) is 0 Å². The first-order chi connectivity index (χ1) is 15.8. The molecule has 5 aromatic rings. The maximum atomic E-state index is 4.53. The number of anilines is 2. The summed E-state index contributed by atoms with van der Waals surface area (Å²) in [6.45, 7) is 3.42. The number of thiophene rings is 1. The van der Waals surface area contributed by atoms with Crippen molar-refractivity contribution in [1.29, 1.82) is 0 Å². The summed E-state index contributed by atoms with van der Waals surface area (Å²) in [7, 11) is 0. The topological polar surface area (TPSA) is 56.8 Å². The third-order valence-corrected chi connectivity index (χ3v) is 8.00. The third kappa shape index (κ3) is 3.99. The zero-order valence-corrected chi connectivity index (χ0v) is 19.2. The van der Waals surface area contributed by atoms with Gasteiger partial charge in [-0.3, -0.25) is 4.90 Å². The number of thioether (sulfide) groups is 1. The van der Waals surface area contributed by atoms with Crippen molar-refractivity contribution in [2.45, 2.75) is 6.54 Å². The highest BCUT2D eigenvalue weighted by Crippen LogP contribution is 2.37. The molecule has 0 radical (unpaired) electrons. The fourth-order valence-electron chi connectivity index (χ4n) is 4.15. The number of nitrogens with zero attached hydrogens (tertiary/aromatic N) is 3. The Hall–Kier alpha value is -2.87. The first-order valence-corrected chi connectivity index (χ1v) is 12.8. The number of hydrogen-bond donors (Lipinski definition) is 2. The summed E-state index contributed by atoms with van der Waals surface area (Å²) in [6.07, 6.45) is 3.59. The summed E-state index contributed by atoms with van der Waals surface area (Å²) in [5, 5.41) is 4.66. The molecule has 0 aliphatic carbocycles. The van der Waals surface area contributed by atoms with E-state index in [1.165, 1.54) is 46.0 Å². The summed E-state index contributed by atoms with van der Waals surface area (Å²) in [5.74, 6) is 3.34. The van der Waals surface area contributed by atoms with E-state index in [1.54, 1.807) is 17.7 Å². The van der Waals surface area contributed by atoms with Crippen molar-refractivity contribution in [3.05, 3.63) is 72.7 Å². The maximum absolute atomic E-state index is 4.53. The maximum Gasteiger partial charge on any atom is 0.151 e. The van der Waals surface area contributed by atoms with Gasteiger partial charge < -0.3 is 10.3 Å². The van der Waals surface area contributed by atoms with E-state index in [2.05, 4.69) is 91.5 Å². The summed E-state index contributed by atoms with van der Waals surface area (Å²) in [5.41, 5.74) is 5.73. The molecule has 0 unspecified atom stereocenters. The number of fused-ring (bicyclic) bond motifs is 2. The zero-order valence-electron chi connectivity index (χ0n) is 17.5. The SMILES string of the molecule is c1nc(Nc2ccc3[nH]ccc3c2)c2sc(-c3ccc(CN4CCSCC4)cc3)cc2n1. The molecule has 1 aliphatic heterocycles. The molecule has 2 N–H and O–H groups in total. The van der Waals surface area contributed by atoms with E-state index in [0.717, 1.165) is 33.8 Å². The normalized spacial score (nSPS) is 14.9. The van der Waals surface area contributed by atoms with Crippen LogP contribution < -0.4 is 5.32 Å². The van der Waals surface area contributed by atoms with Gasteiger partial charge in [0, 0.05) is 58.8 Å². The van der Waals surface area contributed by atoms with Crippen LogP contribution in [0.15, 0.2) is 67.1 Å². The van der Waals surface area contributed by atoms with Crippen LogP contribution in [0.5, 0.6) is 0 Å². The van der Waals surface area contributed by atoms with Crippen molar-refractivity contribution < 1.29 is 0 Å². The van der Waals surface area contributed by atoms with Crippen molar-refractivity contribution >= 4 is 55.7 Å². The van der Waals surface area contributed by atoms with Crippen molar-refractivity contribution in [3.8, 4) is 10.4 Å². The molecule has 6 rings (SSSR count). The van der Waals surface area contributed by atoms with Crippen LogP contribution in [0.1, 0.15) is 5.56 Å². The van der Waals surface area contributed by atoms with Gasteiger partial charge in [-0.2, -0.15) is 11.8 Å². The number of nitrogens with one attached hydrogen (secondary N) is 2. The van der Waals surface area contributed by atoms with E-state index in [1.807, 2.05) is 6.20 Å². The number of aromatic amines is 1. The third-order valence-electron chi connectivity index (χ3n) is 5.88. The van der Waals surface area contributed by atoms with Crippen molar-refractivity contribution in [2.24, 2.45) is 0 Å². The molecule has 1 aliphatic rings. The van der Waals surface area contributed by atoms with Gasteiger partial charge in [0.15, 0.2) is 5.82 Å². The van der Waals surface area contributed by atoms with Gasteiger partial charge in [0.25, 0.3) is 0 Å². The van der Waals surface area contributed by atoms with E-state index in [0.29, 0.717) is 0 Å². The molecule has 0 spiro atoms. The van der Waals surface area contributed by atoms with Crippen LogP contribution in [-0.4, -0.2) is 44.4 Å². The average molecular weight is 458 g/mol. The Morgan fingerprint density at radius 2 is 1.84 bits per heavy atom. The Balaban J connectivity index is 1.25. The molecular weight excluding hydrogens is 434 g/mol. The molecule has 5 nitrogen and oxygen atoms in total. The van der Waals surface area contributed by atoms with Gasteiger partial charge in [-0.05, 0) is 41.5 Å². The van der Waals surface area contributed by atoms with Gasteiger partial charge in [-0.25, -0.2) is 9.97 Å². The predicted molar refractivity (Wildman–Crippen MR) is 137 cm³/mol. The molecule has 0 bridgehead atoms. The first-order valence-electron chi connectivity index (χ1n) is 10.8. The standard InChI is InChI=1S/C25H23N5S2/c1-3-18(4-2-17(1)15-30-9-11-31-12-10-30)23-14-22-24(32-23)25(28-16-27-22)29-20-5-6-21-19(13-20)7-8-26-21/h1-8,13-14,16,26H,9-12,15H2,(H,27,28,29). The second-order valence-electron chi connectivity index (χ2n) is 8.04. The Labute approximate surface area is 194 Å². The van der Waals surface area contributed by atoms with Gasteiger partial charge in [0.1, 0.15) is 6.33 Å². The molecule has 2 aromatic carbocycles. The highest BCUT2D eigenvalue weighted by Gasteiger charge is 2.13. The summed E-state index contributed by atoms with van der Waals surface area (Å²) < 4.78 is 1.08. The largest absolute Gasteiger partial charge is 0.361 e. The second-order valence-corrected chi connectivity index (χ2v) is 10.3. The van der Waals surface area contributed by atoms with Crippen LogP contribution in [0, 0.1) is 0 Å². The predicted octanol–water partition coefficient (Wildman–Crippen LogP) is 6.13. The quantitative estimate of drug-likeness (QED) is 0.332. The number of rotatable bonds is 5. The Morgan fingerprint density at radius 1 is 0.969 bits per heavy atom. The molecule has 4 heterocycles. The van der Waals surface area contributed by atoms with Gasteiger partial charge in [-0.1, -0.05) is 24.3 Å². The molecule has 0 amide bonds. The van der Waals surface area contributed by atoms with E-state index in [4.69, 9.17) is 0 Å². The minimum Gasteiger partial charge on any atom is -0.361 e. The number of aromatic nitrogens is 3. The molecule has 1 saturated heterocycles. The van der Waals surface area contributed by atoms with E-state index in [-0.39, 0.29) is 0 Å². The minimum absolute atomic E-state index is 0.848. The molecule has 160 valence electrons. The number of benzene rings is 2. The Morgan fingerprint density at radius 3 is 2.72 bits per heavy atom. The Kier molecular flexibility index (Phi) is 5.30. The molecular formula is C25H23N5S2. The summed E-state index contributed by atoms with van der Waals surface area (Å²) >= 11 is 3.79. The lowest BCUT2D eigenvalue weighted by atomic mass is 10.1. The average Bonchev–Trinajstić information content (AvgIpc) is 3.47. The smallest absolute Gasteiger partial charge is 0.151 e. The number of hydrogen-bond acceptors (Lipinski definition) is 6. The molecule has 0 atom stereocenters. The zero-order chi connectivity index (χ0) is 21.3.